The fourth-order valence-corrected chi connectivity index (χ4v) is 2.86. The minimum Gasteiger partial charge on any atom is -0.355 e. The van der Waals surface area contributed by atoms with Crippen LogP contribution in [0, 0.1) is 0 Å². The lowest BCUT2D eigenvalue weighted by molar-refractivity contribution is 0.480. The number of benzene rings is 1. The SMILES string of the molecule is CN=C(NCC(C)(C)SC)N1CCC(c2ccccc2)C1. The first kappa shape index (κ1) is 16.2. The molecule has 1 fully saturated rings. The second-order valence-electron chi connectivity index (χ2n) is 6.21. The summed E-state index contributed by atoms with van der Waals surface area (Å²) >= 11 is 1.88. The first-order valence-corrected chi connectivity index (χ1v) is 8.84. The van der Waals surface area contributed by atoms with E-state index in [9.17, 15) is 0 Å². The molecule has 21 heavy (non-hydrogen) atoms. The van der Waals surface area contributed by atoms with Crippen LogP contribution in [0.25, 0.3) is 0 Å². The van der Waals surface area contributed by atoms with E-state index in [4.69, 9.17) is 0 Å². The summed E-state index contributed by atoms with van der Waals surface area (Å²) in [5.74, 6) is 1.66. The van der Waals surface area contributed by atoms with E-state index in [0.29, 0.717) is 5.92 Å². The van der Waals surface area contributed by atoms with Gasteiger partial charge in [0.15, 0.2) is 5.96 Å². The van der Waals surface area contributed by atoms with Gasteiger partial charge < -0.3 is 10.2 Å². The zero-order valence-electron chi connectivity index (χ0n) is 13.6. The van der Waals surface area contributed by atoms with E-state index in [0.717, 1.165) is 25.6 Å². The number of nitrogens with one attached hydrogen (secondary N) is 1. The molecule has 1 unspecified atom stereocenters. The number of nitrogens with zero attached hydrogens (tertiary/aromatic N) is 2. The molecule has 116 valence electrons. The normalized spacial score (nSPS) is 19.9. The highest BCUT2D eigenvalue weighted by atomic mass is 32.2. The summed E-state index contributed by atoms with van der Waals surface area (Å²) in [6.45, 7) is 7.60. The molecule has 0 spiro atoms. The molecule has 1 aromatic rings. The number of thioether (sulfide) groups is 1. The number of aliphatic imine (C=N–C) groups is 1. The second-order valence-corrected chi connectivity index (χ2v) is 7.72. The molecular formula is C17H27N3S. The molecule has 0 aliphatic carbocycles. The van der Waals surface area contributed by atoms with Crippen LogP contribution >= 0.6 is 11.8 Å². The lowest BCUT2D eigenvalue weighted by atomic mass is 9.99. The lowest BCUT2D eigenvalue weighted by Gasteiger charge is -2.27. The van der Waals surface area contributed by atoms with Crippen molar-refractivity contribution < 1.29 is 0 Å². The van der Waals surface area contributed by atoms with Crippen molar-refractivity contribution in [1.82, 2.24) is 10.2 Å². The third-order valence-electron chi connectivity index (χ3n) is 4.20. The summed E-state index contributed by atoms with van der Waals surface area (Å²) in [4.78, 5) is 6.84. The van der Waals surface area contributed by atoms with Crippen LogP contribution in [0.4, 0.5) is 0 Å². The van der Waals surface area contributed by atoms with Crippen LogP contribution in [0.1, 0.15) is 31.7 Å². The third-order valence-corrected chi connectivity index (χ3v) is 5.44. The van der Waals surface area contributed by atoms with Gasteiger partial charge in [-0.3, -0.25) is 4.99 Å². The fraction of sp³-hybridized carbons (Fsp3) is 0.588. The Morgan fingerprint density at radius 2 is 2.10 bits per heavy atom. The Kier molecular flexibility index (Phi) is 5.57. The van der Waals surface area contributed by atoms with Gasteiger partial charge in [0.2, 0.25) is 0 Å². The maximum atomic E-state index is 4.46. The monoisotopic (exact) mass is 305 g/mol. The van der Waals surface area contributed by atoms with Crippen molar-refractivity contribution >= 4 is 17.7 Å². The summed E-state index contributed by atoms with van der Waals surface area (Å²) in [7, 11) is 1.88. The largest absolute Gasteiger partial charge is 0.355 e. The quantitative estimate of drug-likeness (QED) is 0.684. The summed E-state index contributed by atoms with van der Waals surface area (Å²) < 4.78 is 0.231. The van der Waals surface area contributed by atoms with Gasteiger partial charge in [0.1, 0.15) is 0 Å². The summed E-state index contributed by atoms with van der Waals surface area (Å²) in [6.07, 6.45) is 3.36. The van der Waals surface area contributed by atoms with E-state index < -0.39 is 0 Å². The lowest BCUT2D eigenvalue weighted by Crippen LogP contribution is -2.44. The molecule has 1 saturated heterocycles. The predicted octanol–water partition coefficient (Wildman–Crippen LogP) is 3.19. The van der Waals surface area contributed by atoms with Gasteiger partial charge in [-0.1, -0.05) is 30.3 Å². The highest BCUT2D eigenvalue weighted by Crippen LogP contribution is 2.27. The Labute approximate surface area is 133 Å². The topological polar surface area (TPSA) is 27.6 Å². The Balaban J connectivity index is 1.93. The summed E-state index contributed by atoms with van der Waals surface area (Å²) in [5, 5.41) is 3.53. The van der Waals surface area contributed by atoms with Crippen LogP contribution in [0.5, 0.6) is 0 Å². The molecule has 4 heteroatoms. The third kappa shape index (κ3) is 4.40. The van der Waals surface area contributed by atoms with Gasteiger partial charge in [-0.25, -0.2) is 0 Å². The van der Waals surface area contributed by atoms with Crippen molar-refractivity contribution in [1.29, 1.82) is 0 Å². The number of hydrogen-bond donors (Lipinski definition) is 1. The molecule has 1 aliphatic rings. The average molecular weight is 305 g/mol. The van der Waals surface area contributed by atoms with Gasteiger partial charge in [0.05, 0.1) is 0 Å². The van der Waals surface area contributed by atoms with Gasteiger partial charge in [-0.2, -0.15) is 11.8 Å². The van der Waals surface area contributed by atoms with Crippen molar-refractivity contribution in [3.63, 3.8) is 0 Å². The molecule has 0 radical (unpaired) electrons. The van der Waals surface area contributed by atoms with Crippen LogP contribution in [0.3, 0.4) is 0 Å². The molecule has 0 bridgehead atoms. The van der Waals surface area contributed by atoms with Gasteiger partial charge in [-0.15, -0.1) is 0 Å². The molecule has 1 aromatic carbocycles. The number of rotatable bonds is 4. The van der Waals surface area contributed by atoms with Crippen molar-refractivity contribution in [2.75, 3.05) is 32.9 Å². The first-order valence-electron chi connectivity index (χ1n) is 7.61. The molecule has 2 rings (SSSR count). The van der Waals surface area contributed by atoms with Crippen molar-refractivity contribution in [2.24, 2.45) is 4.99 Å². The molecule has 1 aliphatic heterocycles. The van der Waals surface area contributed by atoms with Gasteiger partial charge in [0.25, 0.3) is 0 Å². The van der Waals surface area contributed by atoms with Crippen LogP contribution in [0.15, 0.2) is 35.3 Å². The smallest absolute Gasteiger partial charge is 0.193 e. The van der Waals surface area contributed by atoms with E-state index in [1.807, 2.05) is 18.8 Å². The average Bonchev–Trinajstić information content (AvgIpc) is 2.98. The Hall–Kier alpha value is -1.16. The molecule has 0 amide bonds. The molecule has 0 saturated carbocycles. The number of guanidine groups is 1. The maximum absolute atomic E-state index is 4.46. The van der Waals surface area contributed by atoms with E-state index in [1.165, 1.54) is 12.0 Å². The second kappa shape index (κ2) is 7.21. The Bertz CT molecular complexity index is 470. The summed E-state index contributed by atoms with van der Waals surface area (Å²) in [6, 6.07) is 10.8. The molecule has 0 aromatic heterocycles. The van der Waals surface area contributed by atoms with E-state index in [1.54, 1.807) is 0 Å². The molecule has 1 heterocycles. The van der Waals surface area contributed by atoms with Crippen LogP contribution in [0.2, 0.25) is 0 Å². The van der Waals surface area contributed by atoms with Gasteiger partial charge >= 0.3 is 0 Å². The fourth-order valence-electron chi connectivity index (χ4n) is 2.65. The molecule has 1 atom stereocenters. The first-order chi connectivity index (χ1) is 10.1. The van der Waals surface area contributed by atoms with Crippen LogP contribution < -0.4 is 5.32 Å². The van der Waals surface area contributed by atoms with Crippen LogP contribution in [-0.4, -0.2) is 48.5 Å². The number of hydrogen-bond acceptors (Lipinski definition) is 2. The van der Waals surface area contributed by atoms with Gasteiger partial charge in [0, 0.05) is 37.3 Å². The highest BCUT2D eigenvalue weighted by Gasteiger charge is 2.26. The molecule has 1 N–H and O–H groups in total. The molecule has 3 nitrogen and oxygen atoms in total. The van der Waals surface area contributed by atoms with Crippen molar-refractivity contribution in [2.45, 2.75) is 30.9 Å². The van der Waals surface area contributed by atoms with E-state index >= 15 is 0 Å². The van der Waals surface area contributed by atoms with Gasteiger partial charge in [-0.05, 0) is 32.1 Å². The highest BCUT2D eigenvalue weighted by molar-refractivity contribution is 7.99. The standard InChI is InChI=1S/C17H27N3S/c1-17(2,21-4)13-19-16(18-3)20-11-10-15(12-20)14-8-6-5-7-9-14/h5-9,15H,10-13H2,1-4H3,(H,18,19). The zero-order valence-corrected chi connectivity index (χ0v) is 14.4. The minimum absolute atomic E-state index is 0.231. The van der Waals surface area contributed by atoms with E-state index in [-0.39, 0.29) is 4.75 Å². The zero-order chi connectivity index (χ0) is 15.3. The van der Waals surface area contributed by atoms with Crippen LogP contribution in [-0.2, 0) is 0 Å². The maximum Gasteiger partial charge on any atom is 0.193 e. The van der Waals surface area contributed by atoms with Crippen molar-refractivity contribution in [3.05, 3.63) is 35.9 Å². The summed E-state index contributed by atoms with van der Waals surface area (Å²) in [5.41, 5.74) is 1.44. The number of likely N-dealkylation sites (tertiary alicyclic amines) is 1. The van der Waals surface area contributed by atoms with E-state index in [2.05, 4.69) is 65.6 Å². The predicted molar refractivity (Wildman–Crippen MR) is 94.3 cm³/mol. The Morgan fingerprint density at radius 3 is 2.71 bits per heavy atom. The van der Waals surface area contributed by atoms with Crippen molar-refractivity contribution in [3.8, 4) is 0 Å². The molecular weight excluding hydrogens is 278 g/mol. The Morgan fingerprint density at radius 1 is 1.38 bits per heavy atom. The minimum atomic E-state index is 0.231.